The molecule has 2 heterocycles. The first-order valence-electron chi connectivity index (χ1n) is 6.61. The van der Waals surface area contributed by atoms with Crippen molar-refractivity contribution in [2.24, 2.45) is 0 Å². The summed E-state index contributed by atoms with van der Waals surface area (Å²) in [5, 5.41) is 9.68. The fraction of sp³-hybridized carbons (Fsp3) is 0.267. The molecule has 20 heavy (non-hydrogen) atoms. The molecule has 3 rings (SSSR count). The van der Waals surface area contributed by atoms with Crippen molar-refractivity contribution in [2.45, 2.75) is 19.5 Å². The second-order valence-corrected chi connectivity index (χ2v) is 6.12. The molecule has 5 heteroatoms. The third-order valence-corrected chi connectivity index (χ3v) is 4.90. The van der Waals surface area contributed by atoms with Crippen LogP contribution in [0.15, 0.2) is 36.5 Å². The summed E-state index contributed by atoms with van der Waals surface area (Å²) in [6.07, 6.45) is 1.72. The maximum Gasteiger partial charge on any atom is 0.0855 e. The Hall–Kier alpha value is -1.36. The number of rotatable bonds is 4. The third kappa shape index (κ3) is 2.24. The van der Waals surface area contributed by atoms with Crippen LogP contribution < -0.4 is 5.32 Å². The number of aryl methyl sites for hydroxylation is 1. The molecule has 0 fully saturated rings. The van der Waals surface area contributed by atoms with Crippen molar-refractivity contribution in [3.8, 4) is 0 Å². The van der Waals surface area contributed by atoms with E-state index in [1.807, 2.05) is 11.7 Å². The molecule has 104 valence electrons. The predicted octanol–water partition coefficient (Wildman–Crippen LogP) is 4.08. The Balaban J connectivity index is 2.11. The van der Waals surface area contributed by atoms with Crippen LogP contribution in [-0.4, -0.2) is 16.8 Å². The van der Waals surface area contributed by atoms with Gasteiger partial charge >= 0.3 is 0 Å². The van der Waals surface area contributed by atoms with E-state index in [0.717, 1.165) is 12.2 Å². The van der Waals surface area contributed by atoms with Crippen LogP contribution in [0.1, 0.15) is 23.5 Å². The summed E-state index contributed by atoms with van der Waals surface area (Å²) < 4.78 is 3.25. The number of halogens is 1. The second-order valence-electron chi connectivity index (χ2n) is 4.60. The largest absolute Gasteiger partial charge is 0.307 e. The van der Waals surface area contributed by atoms with Crippen molar-refractivity contribution >= 4 is 33.0 Å². The van der Waals surface area contributed by atoms with Crippen LogP contribution in [0, 0.1) is 0 Å². The molecule has 0 saturated heterocycles. The van der Waals surface area contributed by atoms with Crippen molar-refractivity contribution in [3.63, 3.8) is 0 Å². The smallest absolute Gasteiger partial charge is 0.0855 e. The van der Waals surface area contributed by atoms with Gasteiger partial charge in [-0.25, -0.2) is 0 Å². The fourth-order valence-electron chi connectivity index (χ4n) is 2.47. The van der Waals surface area contributed by atoms with Crippen molar-refractivity contribution < 1.29 is 0 Å². The number of aromatic nitrogens is 2. The second kappa shape index (κ2) is 5.56. The summed E-state index contributed by atoms with van der Waals surface area (Å²) in [6, 6.07) is 10.7. The van der Waals surface area contributed by atoms with E-state index in [9.17, 15) is 0 Å². The maximum atomic E-state index is 6.33. The summed E-state index contributed by atoms with van der Waals surface area (Å²) in [6.45, 7) is 2.88. The van der Waals surface area contributed by atoms with Gasteiger partial charge in [-0.1, -0.05) is 29.8 Å². The molecule has 1 unspecified atom stereocenters. The van der Waals surface area contributed by atoms with E-state index in [-0.39, 0.29) is 6.04 Å². The van der Waals surface area contributed by atoms with Crippen LogP contribution in [-0.2, 0) is 6.54 Å². The molecule has 2 aromatic heterocycles. The lowest BCUT2D eigenvalue weighted by Gasteiger charge is -2.16. The van der Waals surface area contributed by atoms with Crippen LogP contribution >= 0.6 is 22.9 Å². The highest BCUT2D eigenvalue weighted by atomic mass is 35.5. The van der Waals surface area contributed by atoms with E-state index in [1.54, 1.807) is 17.5 Å². The van der Waals surface area contributed by atoms with E-state index in [4.69, 9.17) is 11.6 Å². The van der Waals surface area contributed by atoms with Crippen molar-refractivity contribution in [1.29, 1.82) is 0 Å². The van der Waals surface area contributed by atoms with Gasteiger partial charge in [0.25, 0.3) is 0 Å². The zero-order chi connectivity index (χ0) is 14.1. The van der Waals surface area contributed by atoms with Crippen molar-refractivity contribution in [2.75, 3.05) is 7.05 Å². The summed E-state index contributed by atoms with van der Waals surface area (Å²) in [5.41, 5.74) is 1.03. The van der Waals surface area contributed by atoms with Crippen LogP contribution in [0.4, 0.5) is 0 Å². The van der Waals surface area contributed by atoms with Crippen LogP contribution in [0.5, 0.6) is 0 Å². The maximum absolute atomic E-state index is 6.33. The average Bonchev–Trinajstić information content (AvgIpc) is 3.04. The monoisotopic (exact) mass is 305 g/mol. The summed E-state index contributed by atoms with van der Waals surface area (Å²) in [7, 11) is 1.96. The van der Waals surface area contributed by atoms with Gasteiger partial charge in [-0.15, -0.1) is 11.3 Å². The minimum absolute atomic E-state index is 0.0716. The van der Waals surface area contributed by atoms with E-state index in [1.165, 1.54) is 15.0 Å². The summed E-state index contributed by atoms with van der Waals surface area (Å²) >= 11 is 8.12. The first kappa shape index (κ1) is 13.6. The van der Waals surface area contributed by atoms with Crippen molar-refractivity contribution in [1.82, 2.24) is 15.1 Å². The number of hydrogen-bond acceptors (Lipinski definition) is 3. The molecule has 3 aromatic rings. The highest BCUT2D eigenvalue weighted by molar-refractivity contribution is 7.19. The Labute approximate surface area is 127 Å². The van der Waals surface area contributed by atoms with Gasteiger partial charge in [0.15, 0.2) is 0 Å². The molecule has 1 N–H and O–H groups in total. The normalized spacial score (nSPS) is 12.9. The topological polar surface area (TPSA) is 29.9 Å². The highest BCUT2D eigenvalue weighted by Gasteiger charge is 2.22. The molecule has 0 aliphatic carbocycles. The Morgan fingerprint density at radius 2 is 2.20 bits per heavy atom. The van der Waals surface area contributed by atoms with Gasteiger partial charge in [-0.2, -0.15) is 5.10 Å². The Morgan fingerprint density at radius 3 is 2.90 bits per heavy atom. The lowest BCUT2D eigenvalue weighted by molar-refractivity contribution is 0.568. The molecule has 1 aromatic carbocycles. The summed E-state index contributed by atoms with van der Waals surface area (Å²) in [5.74, 6) is 0. The average molecular weight is 306 g/mol. The standard InChI is InChI=1S/C15H16ClN3S/c1-3-19-15(11(16)9-18-19)14(17-2)13-8-10-6-4-5-7-12(10)20-13/h4-9,14,17H,3H2,1-2H3. The molecular formula is C15H16ClN3S. The van der Waals surface area contributed by atoms with Gasteiger partial charge in [0.1, 0.15) is 0 Å². The predicted molar refractivity (Wildman–Crippen MR) is 85.6 cm³/mol. The Bertz CT molecular complexity index is 699. The molecule has 1 atom stereocenters. The molecule has 0 aliphatic rings. The lowest BCUT2D eigenvalue weighted by Crippen LogP contribution is -2.20. The number of fused-ring (bicyclic) bond motifs is 1. The minimum atomic E-state index is 0.0716. The van der Waals surface area contributed by atoms with E-state index in [0.29, 0.717) is 5.02 Å². The number of nitrogens with one attached hydrogen (secondary N) is 1. The molecule has 0 saturated carbocycles. The third-order valence-electron chi connectivity index (χ3n) is 3.42. The van der Waals surface area contributed by atoms with Crippen LogP contribution in [0.3, 0.4) is 0 Å². The number of thiophene rings is 1. The molecule has 3 nitrogen and oxygen atoms in total. The Morgan fingerprint density at radius 1 is 1.40 bits per heavy atom. The fourth-order valence-corrected chi connectivity index (χ4v) is 3.90. The molecule has 0 amide bonds. The van der Waals surface area contributed by atoms with Crippen LogP contribution in [0.25, 0.3) is 10.1 Å². The zero-order valence-corrected chi connectivity index (χ0v) is 13.0. The number of hydrogen-bond donors (Lipinski definition) is 1. The van der Waals surface area contributed by atoms with Crippen molar-refractivity contribution in [3.05, 3.63) is 52.1 Å². The molecule has 0 bridgehead atoms. The molecule has 0 aliphatic heterocycles. The van der Waals surface area contributed by atoms with Gasteiger partial charge in [0.05, 0.1) is 23.0 Å². The first-order chi connectivity index (χ1) is 9.74. The SMILES string of the molecule is CCn1ncc(Cl)c1C(NC)c1cc2ccccc2s1. The van der Waals surface area contributed by atoms with Gasteiger partial charge in [-0.05, 0) is 31.5 Å². The van der Waals surface area contributed by atoms with E-state index < -0.39 is 0 Å². The van der Waals surface area contributed by atoms with Crippen LogP contribution in [0.2, 0.25) is 5.02 Å². The van der Waals surface area contributed by atoms with Gasteiger partial charge in [-0.3, -0.25) is 4.68 Å². The zero-order valence-electron chi connectivity index (χ0n) is 11.4. The molecular weight excluding hydrogens is 290 g/mol. The van der Waals surface area contributed by atoms with Gasteiger partial charge in [0, 0.05) is 16.1 Å². The van der Waals surface area contributed by atoms with E-state index in [2.05, 4.69) is 47.7 Å². The van der Waals surface area contributed by atoms with Gasteiger partial charge in [0.2, 0.25) is 0 Å². The number of benzene rings is 1. The first-order valence-corrected chi connectivity index (χ1v) is 7.81. The Kier molecular flexibility index (Phi) is 3.78. The molecule has 0 radical (unpaired) electrons. The van der Waals surface area contributed by atoms with Gasteiger partial charge < -0.3 is 5.32 Å². The quantitative estimate of drug-likeness (QED) is 0.787. The lowest BCUT2D eigenvalue weighted by atomic mass is 10.1. The minimum Gasteiger partial charge on any atom is -0.307 e. The highest BCUT2D eigenvalue weighted by Crippen LogP contribution is 2.35. The van der Waals surface area contributed by atoms with E-state index >= 15 is 0 Å². The molecule has 0 spiro atoms. The summed E-state index contributed by atoms with van der Waals surface area (Å²) in [4.78, 5) is 1.26. The number of nitrogens with zero attached hydrogens (tertiary/aromatic N) is 2.